The Kier molecular flexibility index (Phi) is 3.04. The zero-order valence-corrected chi connectivity index (χ0v) is 7.75. The number of benzene rings is 1. The average Bonchev–Trinajstić information content (AvgIpc) is 2.16. The summed E-state index contributed by atoms with van der Waals surface area (Å²) < 4.78 is 13.0. The molecule has 1 aromatic carbocycles. The number of hydrogen-bond acceptors (Lipinski definition) is 5. The van der Waals surface area contributed by atoms with E-state index < -0.39 is 39.8 Å². The lowest BCUT2D eigenvalue weighted by Gasteiger charge is -2.08. The van der Waals surface area contributed by atoms with Crippen LogP contribution in [0.25, 0.3) is 0 Å². The van der Waals surface area contributed by atoms with Gasteiger partial charge in [-0.25, -0.2) is 0 Å². The van der Waals surface area contributed by atoms with Gasteiger partial charge in [-0.2, -0.15) is 4.39 Å². The molecule has 4 N–H and O–H groups in total. The van der Waals surface area contributed by atoms with E-state index in [9.17, 15) is 24.4 Å². The van der Waals surface area contributed by atoms with Crippen molar-refractivity contribution in [1.29, 1.82) is 0 Å². The van der Waals surface area contributed by atoms with Gasteiger partial charge in [-0.15, -0.1) is 0 Å². The summed E-state index contributed by atoms with van der Waals surface area (Å²) in [5.41, 5.74) is 3.80. The van der Waals surface area contributed by atoms with Crippen LogP contribution in [0.5, 0.6) is 5.75 Å². The van der Waals surface area contributed by atoms with E-state index in [-0.39, 0.29) is 0 Å². The van der Waals surface area contributed by atoms with Gasteiger partial charge in [-0.3, -0.25) is 14.9 Å². The predicted octanol–water partition coefficient (Wildman–Crippen LogP) is 0.524. The number of carboxylic acid groups (broad SMARTS) is 1. The summed E-state index contributed by atoms with van der Waals surface area (Å²) in [5.74, 6) is -3.49. The number of aromatic hydroxyl groups is 1. The average molecular weight is 230 g/mol. The fourth-order valence-corrected chi connectivity index (χ4v) is 1.09. The first kappa shape index (κ1) is 11.9. The van der Waals surface area contributed by atoms with E-state index in [0.717, 1.165) is 0 Å². The van der Waals surface area contributed by atoms with Crippen LogP contribution in [0, 0.1) is 15.9 Å². The van der Waals surface area contributed by atoms with Crippen LogP contribution in [0.4, 0.5) is 10.1 Å². The Balaban J connectivity index is 3.35. The maximum Gasteiger partial charge on any atom is 0.325 e. The topological polar surface area (TPSA) is 127 Å². The van der Waals surface area contributed by atoms with E-state index in [1.165, 1.54) is 0 Å². The Bertz CT molecular complexity index is 462. The summed E-state index contributed by atoms with van der Waals surface area (Å²) in [4.78, 5) is 19.9. The van der Waals surface area contributed by atoms with Crippen molar-refractivity contribution in [3.63, 3.8) is 0 Å². The Hall–Kier alpha value is -2.22. The van der Waals surface area contributed by atoms with Crippen molar-refractivity contribution in [3.8, 4) is 5.75 Å². The Morgan fingerprint density at radius 2 is 2.12 bits per heavy atom. The Labute approximate surface area is 88.1 Å². The number of carbonyl (C=O) groups is 1. The molecule has 1 rings (SSSR count). The van der Waals surface area contributed by atoms with Crippen molar-refractivity contribution >= 4 is 11.7 Å². The number of nitrogens with two attached hydrogens (primary N) is 1. The van der Waals surface area contributed by atoms with Gasteiger partial charge in [0, 0.05) is 17.7 Å². The minimum atomic E-state index is -1.65. The number of rotatable bonds is 3. The number of carboxylic acids is 1. The molecule has 0 aliphatic heterocycles. The standard InChI is InChI=1S/C8H7FN2O5/c9-4-2-6(12)3(7(10)8(13)14)1-5(4)11(15)16/h1-2,7,12H,10H2,(H,13,14). The van der Waals surface area contributed by atoms with E-state index in [1.807, 2.05) is 0 Å². The van der Waals surface area contributed by atoms with Gasteiger partial charge >= 0.3 is 11.7 Å². The quantitative estimate of drug-likeness (QED) is 0.513. The molecule has 0 radical (unpaired) electrons. The van der Waals surface area contributed by atoms with E-state index >= 15 is 0 Å². The van der Waals surface area contributed by atoms with Crippen molar-refractivity contribution in [1.82, 2.24) is 0 Å². The molecule has 0 fully saturated rings. The second-order valence-electron chi connectivity index (χ2n) is 2.94. The fourth-order valence-electron chi connectivity index (χ4n) is 1.09. The number of halogens is 1. The van der Waals surface area contributed by atoms with Crippen LogP contribution in [0.1, 0.15) is 11.6 Å². The number of aliphatic carboxylic acids is 1. The molecule has 8 heteroatoms. The second kappa shape index (κ2) is 4.11. The number of nitro groups is 1. The van der Waals surface area contributed by atoms with E-state index in [1.54, 1.807) is 0 Å². The molecule has 16 heavy (non-hydrogen) atoms. The van der Waals surface area contributed by atoms with Gasteiger partial charge in [0.05, 0.1) is 4.92 Å². The summed E-state index contributed by atoms with van der Waals surface area (Å²) in [5, 5.41) is 28.1. The zero-order valence-electron chi connectivity index (χ0n) is 7.75. The Morgan fingerprint density at radius 1 is 1.56 bits per heavy atom. The van der Waals surface area contributed by atoms with Gasteiger partial charge in [0.1, 0.15) is 11.8 Å². The molecule has 0 heterocycles. The fraction of sp³-hybridized carbons (Fsp3) is 0.125. The molecule has 0 bridgehead atoms. The molecular formula is C8H7FN2O5. The van der Waals surface area contributed by atoms with Crippen LogP contribution in [0.15, 0.2) is 12.1 Å². The van der Waals surface area contributed by atoms with Crippen LogP contribution in [0.3, 0.4) is 0 Å². The van der Waals surface area contributed by atoms with Gasteiger partial charge in [-0.05, 0) is 0 Å². The molecule has 0 saturated heterocycles. The number of phenols is 1. The minimum Gasteiger partial charge on any atom is -0.507 e. The molecule has 0 spiro atoms. The summed E-state index contributed by atoms with van der Waals surface area (Å²) in [6.45, 7) is 0. The molecule has 0 amide bonds. The smallest absolute Gasteiger partial charge is 0.325 e. The van der Waals surface area contributed by atoms with Crippen molar-refractivity contribution < 1.29 is 24.3 Å². The van der Waals surface area contributed by atoms with Crippen molar-refractivity contribution in [3.05, 3.63) is 33.6 Å². The monoisotopic (exact) mass is 230 g/mol. The van der Waals surface area contributed by atoms with Crippen molar-refractivity contribution in [2.45, 2.75) is 6.04 Å². The van der Waals surface area contributed by atoms with Crippen molar-refractivity contribution in [2.75, 3.05) is 0 Å². The number of nitrogens with zero attached hydrogens (tertiary/aromatic N) is 1. The summed E-state index contributed by atoms with van der Waals surface area (Å²) in [6.07, 6.45) is 0. The lowest BCUT2D eigenvalue weighted by molar-refractivity contribution is -0.387. The highest BCUT2D eigenvalue weighted by molar-refractivity contribution is 5.76. The van der Waals surface area contributed by atoms with Gasteiger partial charge in [0.2, 0.25) is 5.82 Å². The number of phenolic OH excluding ortho intramolecular Hbond substituents is 1. The van der Waals surface area contributed by atoms with Crippen LogP contribution >= 0.6 is 0 Å². The van der Waals surface area contributed by atoms with Crippen LogP contribution < -0.4 is 5.73 Å². The molecule has 1 unspecified atom stereocenters. The highest BCUT2D eigenvalue weighted by Gasteiger charge is 2.24. The van der Waals surface area contributed by atoms with Crippen LogP contribution in [-0.2, 0) is 4.79 Å². The summed E-state index contributed by atoms with van der Waals surface area (Å²) in [6, 6.07) is -0.598. The van der Waals surface area contributed by atoms with Crippen LogP contribution in [0.2, 0.25) is 0 Å². The zero-order chi connectivity index (χ0) is 12.5. The van der Waals surface area contributed by atoms with Gasteiger partial charge in [0.15, 0.2) is 0 Å². The second-order valence-corrected chi connectivity index (χ2v) is 2.94. The van der Waals surface area contributed by atoms with E-state index in [2.05, 4.69) is 0 Å². The third-order valence-corrected chi connectivity index (χ3v) is 1.89. The maximum absolute atomic E-state index is 13.0. The van der Waals surface area contributed by atoms with Crippen molar-refractivity contribution in [2.24, 2.45) is 5.73 Å². The van der Waals surface area contributed by atoms with Gasteiger partial charge in [-0.1, -0.05) is 0 Å². The highest BCUT2D eigenvalue weighted by Crippen LogP contribution is 2.30. The SMILES string of the molecule is NC(C(=O)O)c1cc([N+](=O)[O-])c(F)cc1O. The van der Waals surface area contributed by atoms with Crippen LogP contribution in [-0.4, -0.2) is 21.1 Å². The third-order valence-electron chi connectivity index (χ3n) is 1.89. The number of nitro benzene ring substituents is 1. The van der Waals surface area contributed by atoms with E-state index in [0.29, 0.717) is 12.1 Å². The molecular weight excluding hydrogens is 223 g/mol. The first-order chi connectivity index (χ1) is 7.34. The van der Waals surface area contributed by atoms with Gasteiger partial charge in [0.25, 0.3) is 0 Å². The molecule has 0 aliphatic carbocycles. The van der Waals surface area contributed by atoms with E-state index in [4.69, 9.17) is 10.8 Å². The predicted molar refractivity (Wildman–Crippen MR) is 49.3 cm³/mol. The molecule has 0 aromatic heterocycles. The molecule has 1 atom stereocenters. The Morgan fingerprint density at radius 3 is 2.56 bits per heavy atom. The summed E-state index contributed by atoms with van der Waals surface area (Å²) in [7, 11) is 0. The molecule has 7 nitrogen and oxygen atoms in total. The first-order valence-corrected chi connectivity index (χ1v) is 3.99. The highest BCUT2D eigenvalue weighted by atomic mass is 19.1. The lowest BCUT2D eigenvalue weighted by atomic mass is 10.1. The lowest BCUT2D eigenvalue weighted by Crippen LogP contribution is -2.21. The first-order valence-electron chi connectivity index (χ1n) is 3.99. The molecule has 86 valence electrons. The molecule has 1 aromatic rings. The van der Waals surface area contributed by atoms with Gasteiger partial charge < -0.3 is 15.9 Å². The largest absolute Gasteiger partial charge is 0.507 e. The minimum absolute atomic E-state index is 0.416. The number of hydrogen-bond donors (Lipinski definition) is 3. The molecule has 0 aliphatic rings. The summed E-state index contributed by atoms with van der Waals surface area (Å²) >= 11 is 0. The maximum atomic E-state index is 13.0. The normalized spacial score (nSPS) is 12.1. The molecule has 0 saturated carbocycles. The third kappa shape index (κ3) is 2.06.